The minimum absolute atomic E-state index is 0.0234. The second-order valence-electron chi connectivity index (χ2n) is 7.53. The van der Waals surface area contributed by atoms with Crippen molar-refractivity contribution in [2.24, 2.45) is 5.92 Å². The van der Waals surface area contributed by atoms with Gasteiger partial charge in [-0.05, 0) is 20.4 Å². The van der Waals surface area contributed by atoms with Gasteiger partial charge < -0.3 is 29.6 Å². The summed E-state index contributed by atoms with van der Waals surface area (Å²) in [4.78, 5) is 12.0. The highest BCUT2D eigenvalue weighted by atomic mass is 19.1. The highest BCUT2D eigenvalue weighted by Crippen LogP contribution is 2.11. The summed E-state index contributed by atoms with van der Waals surface area (Å²) in [5.74, 6) is -0.169. The molecule has 2 N–H and O–H groups in total. The molecule has 0 heterocycles. The average Bonchev–Trinajstić information content (AvgIpc) is 2.75. The van der Waals surface area contributed by atoms with Crippen molar-refractivity contribution >= 4 is 5.91 Å². The van der Waals surface area contributed by atoms with Crippen LogP contribution in [-0.2, 0) is 23.7 Å². The molecule has 0 aromatic carbocycles. The van der Waals surface area contributed by atoms with E-state index >= 15 is 0 Å². The number of alkyl halides is 1. The molecule has 30 heavy (non-hydrogen) atoms. The molecule has 0 aromatic rings. The average molecular weight is 437 g/mol. The van der Waals surface area contributed by atoms with Crippen LogP contribution in [0.5, 0.6) is 0 Å². The summed E-state index contributed by atoms with van der Waals surface area (Å²) in [7, 11) is 1.88. The molecule has 0 bridgehead atoms. The Kier molecular flexibility index (Phi) is 20.9. The number of nitrogens with one attached hydrogen (secondary N) is 2. The monoisotopic (exact) mass is 436 g/mol. The zero-order valence-corrected chi connectivity index (χ0v) is 19.6. The Bertz CT molecular complexity index is 391. The Labute approximate surface area is 182 Å². The highest BCUT2D eigenvalue weighted by Gasteiger charge is 2.19. The SMILES string of the molecule is CCCCCCC(C)C(=O)NCC(F)C(C)OCCOCCOCCOCCNC. The molecule has 3 atom stereocenters. The van der Waals surface area contributed by atoms with Gasteiger partial charge in [-0.2, -0.15) is 0 Å². The van der Waals surface area contributed by atoms with Gasteiger partial charge in [-0.1, -0.05) is 39.5 Å². The van der Waals surface area contributed by atoms with Crippen molar-refractivity contribution in [1.82, 2.24) is 10.6 Å². The van der Waals surface area contributed by atoms with Gasteiger partial charge in [0.1, 0.15) is 6.17 Å². The van der Waals surface area contributed by atoms with Crippen molar-refractivity contribution in [3.63, 3.8) is 0 Å². The van der Waals surface area contributed by atoms with Crippen LogP contribution in [0.3, 0.4) is 0 Å². The molecule has 3 unspecified atom stereocenters. The smallest absolute Gasteiger partial charge is 0.222 e. The number of likely N-dealkylation sites (N-methyl/N-ethyl adjacent to an activating group) is 1. The Morgan fingerprint density at radius 1 is 0.900 bits per heavy atom. The molecule has 0 spiro atoms. The zero-order chi connectivity index (χ0) is 22.5. The number of hydrogen-bond donors (Lipinski definition) is 2. The first kappa shape index (κ1) is 29.2. The van der Waals surface area contributed by atoms with Crippen LogP contribution in [0.4, 0.5) is 4.39 Å². The summed E-state index contributed by atoms with van der Waals surface area (Å²) >= 11 is 0. The fourth-order valence-electron chi connectivity index (χ4n) is 2.66. The summed E-state index contributed by atoms with van der Waals surface area (Å²) in [5, 5.41) is 5.69. The van der Waals surface area contributed by atoms with Crippen molar-refractivity contribution in [3.05, 3.63) is 0 Å². The van der Waals surface area contributed by atoms with E-state index in [2.05, 4.69) is 17.6 Å². The van der Waals surface area contributed by atoms with Gasteiger partial charge in [0.15, 0.2) is 0 Å². The summed E-state index contributed by atoms with van der Waals surface area (Å²) in [6, 6.07) is 0. The lowest BCUT2D eigenvalue weighted by molar-refractivity contribution is -0.125. The fraction of sp³-hybridized carbons (Fsp3) is 0.955. The number of unbranched alkanes of at least 4 members (excludes halogenated alkanes) is 3. The number of carbonyl (C=O) groups is 1. The van der Waals surface area contributed by atoms with E-state index in [-0.39, 0.29) is 18.4 Å². The largest absolute Gasteiger partial charge is 0.378 e. The van der Waals surface area contributed by atoms with Gasteiger partial charge >= 0.3 is 0 Å². The highest BCUT2D eigenvalue weighted by molar-refractivity contribution is 5.78. The van der Waals surface area contributed by atoms with Crippen LogP contribution < -0.4 is 10.6 Å². The predicted octanol–water partition coefficient (Wildman–Crippen LogP) is 2.72. The second kappa shape index (κ2) is 21.4. The van der Waals surface area contributed by atoms with E-state index in [9.17, 15) is 9.18 Å². The molecular formula is C22H45FN2O5. The van der Waals surface area contributed by atoms with Crippen molar-refractivity contribution in [1.29, 1.82) is 0 Å². The van der Waals surface area contributed by atoms with E-state index in [0.29, 0.717) is 46.2 Å². The molecule has 8 heteroatoms. The number of halogens is 1. The number of hydrogen-bond acceptors (Lipinski definition) is 6. The maximum Gasteiger partial charge on any atom is 0.222 e. The van der Waals surface area contributed by atoms with Crippen LogP contribution in [0, 0.1) is 5.92 Å². The maximum atomic E-state index is 14.2. The topological polar surface area (TPSA) is 78.1 Å². The second-order valence-corrected chi connectivity index (χ2v) is 7.53. The third-order valence-electron chi connectivity index (χ3n) is 4.77. The first-order valence-electron chi connectivity index (χ1n) is 11.4. The van der Waals surface area contributed by atoms with E-state index < -0.39 is 12.3 Å². The molecule has 0 aliphatic rings. The summed E-state index contributed by atoms with van der Waals surface area (Å²) < 4.78 is 35.7. The molecule has 7 nitrogen and oxygen atoms in total. The van der Waals surface area contributed by atoms with Crippen molar-refractivity contribution in [3.8, 4) is 0 Å². The number of carbonyl (C=O) groups excluding carboxylic acids is 1. The van der Waals surface area contributed by atoms with Crippen molar-refractivity contribution in [2.45, 2.75) is 65.2 Å². The predicted molar refractivity (Wildman–Crippen MR) is 118 cm³/mol. The van der Waals surface area contributed by atoms with Gasteiger partial charge in [0, 0.05) is 12.5 Å². The Morgan fingerprint density at radius 2 is 1.50 bits per heavy atom. The summed E-state index contributed by atoms with van der Waals surface area (Å²) in [5.41, 5.74) is 0. The van der Waals surface area contributed by atoms with E-state index in [1.165, 1.54) is 12.8 Å². The minimum Gasteiger partial charge on any atom is -0.378 e. The summed E-state index contributed by atoms with van der Waals surface area (Å²) in [6.45, 7) is 9.91. The first-order valence-corrected chi connectivity index (χ1v) is 11.4. The standard InChI is InChI=1S/C22H45FN2O5/c1-5-6-7-8-9-19(2)22(26)25-18-21(23)20(3)30-17-16-29-15-14-28-13-12-27-11-10-24-4/h19-21,24H,5-18H2,1-4H3,(H,25,26). The number of ether oxygens (including phenoxy) is 4. The van der Waals surface area contributed by atoms with Crippen LogP contribution in [-0.4, -0.2) is 84.6 Å². The van der Waals surface area contributed by atoms with Crippen LogP contribution in [0.1, 0.15) is 52.9 Å². The molecule has 0 saturated carbocycles. The molecule has 0 rings (SSSR count). The summed E-state index contributed by atoms with van der Waals surface area (Å²) in [6.07, 6.45) is 3.55. The number of amides is 1. The lowest BCUT2D eigenvalue weighted by Crippen LogP contribution is -2.39. The molecule has 0 radical (unpaired) electrons. The Morgan fingerprint density at radius 3 is 2.10 bits per heavy atom. The van der Waals surface area contributed by atoms with E-state index in [4.69, 9.17) is 18.9 Å². The lowest BCUT2D eigenvalue weighted by Gasteiger charge is -2.19. The Balaban J connectivity index is 3.56. The van der Waals surface area contributed by atoms with E-state index in [0.717, 1.165) is 25.8 Å². The molecule has 0 aliphatic heterocycles. The lowest BCUT2D eigenvalue weighted by atomic mass is 10.0. The van der Waals surface area contributed by atoms with Gasteiger partial charge in [0.2, 0.25) is 5.91 Å². The normalized spacial score (nSPS) is 14.4. The molecule has 0 aromatic heterocycles. The zero-order valence-electron chi connectivity index (χ0n) is 19.6. The van der Waals surface area contributed by atoms with Crippen LogP contribution in [0.2, 0.25) is 0 Å². The fourth-order valence-corrected chi connectivity index (χ4v) is 2.66. The van der Waals surface area contributed by atoms with Gasteiger partial charge in [-0.25, -0.2) is 4.39 Å². The third kappa shape index (κ3) is 18.0. The van der Waals surface area contributed by atoms with Crippen LogP contribution in [0.25, 0.3) is 0 Å². The van der Waals surface area contributed by atoms with Gasteiger partial charge in [-0.3, -0.25) is 4.79 Å². The van der Waals surface area contributed by atoms with Gasteiger partial charge in [0.25, 0.3) is 0 Å². The van der Waals surface area contributed by atoms with E-state index in [1.54, 1.807) is 6.92 Å². The van der Waals surface area contributed by atoms with Crippen molar-refractivity contribution in [2.75, 3.05) is 66.4 Å². The Hall–Kier alpha value is -0.800. The van der Waals surface area contributed by atoms with Gasteiger partial charge in [0.05, 0.1) is 58.9 Å². The van der Waals surface area contributed by atoms with Crippen LogP contribution in [0.15, 0.2) is 0 Å². The maximum absolute atomic E-state index is 14.2. The molecule has 0 fully saturated rings. The van der Waals surface area contributed by atoms with Crippen molar-refractivity contribution < 1.29 is 28.1 Å². The first-order chi connectivity index (χ1) is 14.5. The van der Waals surface area contributed by atoms with Gasteiger partial charge in [-0.15, -0.1) is 0 Å². The quantitative estimate of drug-likeness (QED) is 0.254. The molecule has 1 amide bonds. The van der Waals surface area contributed by atoms with E-state index in [1.807, 2.05) is 14.0 Å². The third-order valence-corrected chi connectivity index (χ3v) is 4.77. The van der Waals surface area contributed by atoms with Crippen LogP contribution >= 0.6 is 0 Å². The molecule has 180 valence electrons. The molecular weight excluding hydrogens is 391 g/mol. The minimum atomic E-state index is -1.24. The molecule has 0 aliphatic carbocycles. The molecule has 0 saturated heterocycles. The number of rotatable bonds is 22.